The van der Waals surface area contributed by atoms with Crippen molar-refractivity contribution in [3.8, 4) is 11.3 Å². The van der Waals surface area contributed by atoms with Gasteiger partial charge in [0, 0.05) is 22.9 Å². The Morgan fingerprint density at radius 2 is 1.52 bits per heavy atom. The highest BCUT2D eigenvalue weighted by molar-refractivity contribution is 7.90. The second-order valence-electron chi connectivity index (χ2n) is 7.46. The summed E-state index contributed by atoms with van der Waals surface area (Å²) in [6, 6.07) is 22.6. The van der Waals surface area contributed by atoms with Gasteiger partial charge in [-0.15, -0.1) is 0 Å². The van der Waals surface area contributed by atoms with Gasteiger partial charge in [0.1, 0.15) is 4.88 Å². The highest BCUT2D eigenvalue weighted by Crippen LogP contribution is 2.33. The lowest BCUT2D eigenvalue weighted by Crippen LogP contribution is -2.13. The van der Waals surface area contributed by atoms with Crippen molar-refractivity contribution in [2.75, 3.05) is 11.6 Å². The van der Waals surface area contributed by atoms with Crippen molar-refractivity contribution in [2.24, 2.45) is 0 Å². The number of nitrogens with one attached hydrogen (secondary N) is 1. The van der Waals surface area contributed by atoms with Crippen LogP contribution >= 0.6 is 11.3 Å². The fourth-order valence-corrected chi connectivity index (χ4v) is 5.29. The number of sulfone groups is 1. The van der Waals surface area contributed by atoms with Crippen LogP contribution in [0.2, 0.25) is 0 Å². The third-order valence-electron chi connectivity index (χ3n) is 4.99. The molecule has 4 aromatic rings. The summed E-state index contributed by atoms with van der Waals surface area (Å²) in [5, 5.41) is 2.96. The number of carbonyl (C=O) groups is 2. The summed E-state index contributed by atoms with van der Waals surface area (Å²) in [5.41, 5.74) is 2.50. The number of aromatic nitrogens is 1. The van der Waals surface area contributed by atoms with E-state index in [0.717, 1.165) is 23.2 Å². The van der Waals surface area contributed by atoms with Crippen molar-refractivity contribution in [3.05, 3.63) is 100 Å². The Bertz CT molecular complexity index is 1440. The Balaban J connectivity index is 1.71. The Morgan fingerprint density at radius 3 is 2.15 bits per heavy atom. The standard InChI is InChI=1S/C25H20N2O4S2/c1-16-13-14-19(15-20(16)33(2,30)31)24(29)27-25-26-21(17-9-5-3-6-10-17)23(32-25)22(28)18-11-7-4-8-12-18/h3-15H,1-2H3,(H,26,27,29). The van der Waals surface area contributed by atoms with Gasteiger partial charge in [0.25, 0.3) is 5.91 Å². The Morgan fingerprint density at radius 1 is 0.879 bits per heavy atom. The first-order valence-electron chi connectivity index (χ1n) is 10.0. The van der Waals surface area contributed by atoms with E-state index in [0.29, 0.717) is 21.7 Å². The molecule has 33 heavy (non-hydrogen) atoms. The maximum absolute atomic E-state index is 13.2. The van der Waals surface area contributed by atoms with Gasteiger partial charge in [-0.2, -0.15) is 0 Å². The second kappa shape index (κ2) is 9.09. The summed E-state index contributed by atoms with van der Waals surface area (Å²) in [6.45, 7) is 1.67. The van der Waals surface area contributed by atoms with Crippen LogP contribution in [-0.4, -0.2) is 31.3 Å². The second-order valence-corrected chi connectivity index (χ2v) is 10.4. The highest BCUT2D eigenvalue weighted by Gasteiger charge is 2.22. The molecule has 0 radical (unpaired) electrons. The normalized spacial score (nSPS) is 11.2. The zero-order valence-electron chi connectivity index (χ0n) is 17.9. The highest BCUT2D eigenvalue weighted by atomic mass is 32.2. The summed E-state index contributed by atoms with van der Waals surface area (Å²) in [5.74, 6) is -0.700. The maximum Gasteiger partial charge on any atom is 0.257 e. The van der Waals surface area contributed by atoms with E-state index < -0.39 is 15.7 Å². The number of anilines is 1. The van der Waals surface area contributed by atoms with Crippen molar-refractivity contribution >= 4 is 38.0 Å². The van der Waals surface area contributed by atoms with Crippen molar-refractivity contribution in [2.45, 2.75) is 11.8 Å². The molecule has 0 aliphatic carbocycles. The number of thiazole rings is 1. The largest absolute Gasteiger partial charge is 0.298 e. The van der Waals surface area contributed by atoms with Crippen LogP contribution in [0.5, 0.6) is 0 Å². The lowest BCUT2D eigenvalue weighted by atomic mass is 10.1. The molecule has 1 heterocycles. The molecule has 0 aliphatic rings. The molecule has 6 nitrogen and oxygen atoms in total. The van der Waals surface area contributed by atoms with Gasteiger partial charge < -0.3 is 0 Å². The molecular weight excluding hydrogens is 456 g/mol. The molecular formula is C25H20N2O4S2. The molecule has 0 saturated heterocycles. The summed E-state index contributed by atoms with van der Waals surface area (Å²) in [6.07, 6.45) is 1.10. The molecule has 0 bridgehead atoms. The quantitative estimate of drug-likeness (QED) is 0.395. The summed E-state index contributed by atoms with van der Waals surface area (Å²) >= 11 is 1.08. The van der Waals surface area contributed by atoms with Gasteiger partial charge in [0.15, 0.2) is 15.0 Å². The molecule has 8 heteroatoms. The van der Waals surface area contributed by atoms with Gasteiger partial charge in [-0.05, 0) is 24.6 Å². The van der Waals surface area contributed by atoms with Gasteiger partial charge in [-0.3, -0.25) is 14.9 Å². The summed E-state index contributed by atoms with van der Waals surface area (Å²) in [4.78, 5) is 31.1. The lowest BCUT2D eigenvalue weighted by Gasteiger charge is -2.07. The molecule has 1 amide bonds. The third-order valence-corrected chi connectivity index (χ3v) is 7.20. The van der Waals surface area contributed by atoms with E-state index in [2.05, 4.69) is 10.3 Å². The van der Waals surface area contributed by atoms with Crippen molar-refractivity contribution in [1.29, 1.82) is 0 Å². The Hall–Kier alpha value is -3.62. The predicted octanol–water partition coefficient (Wildman–Crippen LogP) is 5.01. The molecule has 0 aliphatic heterocycles. The van der Waals surface area contributed by atoms with Crippen molar-refractivity contribution < 1.29 is 18.0 Å². The van der Waals surface area contributed by atoms with Gasteiger partial charge >= 0.3 is 0 Å². The fourth-order valence-electron chi connectivity index (χ4n) is 3.35. The molecule has 0 saturated carbocycles. The topological polar surface area (TPSA) is 93.2 Å². The molecule has 0 atom stereocenters. The number of ketones is 1. The van der Waals surface area contributed by atoms with E-state index in [1.807, 2.05) is 36.4 Å². The molecule has 0 spiro atoms. The first-order chi connectivity index (χ1) is 15.7. The van der Waals surface area contributed by atoms with Crippen LogP contribution in [-0.2, 0) is 9.84 Å². The monoisotopic (exact) mass is 476 g/mol. The predicted molar refractivity (Wildman–Crippen MR) is 130 cm³/mol. The van der Waals surface area contributed by atoms with Crippen LogP contribution < -0.4 is 5.32 Å². The van der Waals surface area contributed by atoms with Crippen LogP contribution in [0.15, 0.2) is 83.8 Å². The molecule has 4 rings (SSSR count). The van der Waals surface area contributed by atoms with Crippen molar-refractivity contribution in [3.63, 3.8) is 0 Å². The van der Waals surface area contributed by atoms with E-state index in [-0.39, 0.29) is 21.4 Å². The van der Waals surface area contributed by atoms with E-state index in [9.17, 15) is 18.0 Å². The van der Waals surface area contributed by atoms with Crippen LogP contribution in [0.25, 0.3) is 11.3 Å². The zero-order valence-corrected chi connectivity index (χ0v) is 19.5. The van der Waals surface area contributed by atoms with E-state index in [4.69, 9.17) is 0 Å². The minimum Gasteiger partial charge on any atom is -0.298 e. The molecule has 1 N–H and O–H groups in total. The minimum absolute atomic E-state index is 0.0965. The fraction of sp³-hybridized carbons (Fsp3) is 0.0800. The van der Waals surface area contributed by atoms with Gasteiger partial charge in [0.05, 0.1) is 10.6 Å². The summed E-state index contributed by atoms with van der Waals surface area (Å²) < 4.78 is 24.0. The van der Waals surface area contributed by atoms with Gasteiger partial charge in [-0.25, -0.2) is 13.4 Å². The van der Waals surface area contributed by atoms with Crippen LogP contribution in [0.1, 0.15) is 31.2 Å². The number of benzene rings is 3. The lowest BCUT2D eigenvalue weighted by molar-refractivity contribution is 0.102. The van der Waals surface area contributed by atoms with Gasteiger partial charge in [-0.1, -0.05) is 78.1 Å². The number of hydrogen-bond donors (Lipinski definition) is 1. The number of hydrogen-bond acceptors (Lipinski definition) is 6. The van der Waals surface area contributed by atoms with Crippen LogP contribution in [0.4, 0.5) is 5.13 Å². The average Bonchev–Trinajstić information content (AvgIpc) is 3.23. The Labute approximate surface area is 195 Å². The number of nitrogens with zero attached hydrogens (tertiary/aromatic N) is 1. The number of rotatable bonds is 6. The zero-order chi connectivity index (χ0) is 23.6. The minimum atomic E-state index is -3.48. The molecule has 166 valence electrons. The molecule has 0 fully saturated rings. The summed E-state index contributed by atoms with van der Waals surface area (Å²) in [7, 11) is -3.48. The number of amides is 1. The van der Waals surface area contributed by atoms with Crippen LogP contribution in [0.3, 0.4) is 0 Å². The SMILES string of the molecule is Cc1ccc(C(=O)Nc2nc(-c3ccccc3)c(C(=O)c3ccccc3)s2)cc1S(C)(=O)=O. The molecule has 0 unspecified atom stereocenters. The molecule has 1 aromatic heterocycles. The van der Waals surface area contributed by atoms with Crippen molar-refractivity contribution in [1.82, 2.24) is 4.98 Å². The average molecular weight is 477 g/mol. The number of carbonyl (C=O) groups excluding carboxylic acids is 2. The molecule has 3 aromatic carbocycles. The van der Waals surface area contributed by atoms with Gasteiger partial charge in [0.2, 0.25) is 5.78 Å². The van der Waals surface area contributed by atoms with E-state index in [1.165, 1.54) is 6.07 Å². The Kier molecular flexibility index (Phi) is 6.22. The smallest absolute Gasteiger partial charge is 0.257 e. The van der Waals surface area contributed by atoms with E-state index in [1.54, 1.807) is 43.3 Å². The van der Waals surface area contributed by atoms with Crippen LogP contribution in [0, 0.1) is 6.92 Å². The first kappa shape index (κ1) is 22.6. The first-order valence-corrected chi connectivity index (χ1v) is 12.7. The third kappa shape index (κ3) is 4.92. The number of aryl methyl sites for hydroxylation is 1. The van der Waals surface area contributed by atoms with E-state index >= 15 is 0 Å². The maximum atomic E-state index is 13.2.